The number of carboxylic acids is 1. The van der Waals surface area contributed by atoms with E-state index >= 15 is 0 Å². The lowest BCUT2D eigenvalue weighted by Gasteiger charge is -2.10. The Bertz CT molecular complexity index is 783. The number of amides is 1. The number of nitrogens with zero attached hydrogens (tertiary/aromatic N) is 1. The van der Waals surface area contributed by atoms with Crippen molar-refractivity contribution in [2.45, 2.75) is 25.9 Å². The molecular formula is C17H18N2O5S. The van der Waals surface area contributed by atoms with E-state index in [1.54, 1.807) is 24.4 Å². The standard InChI is InChI=1S/C17H18N2O5S/c1-10-7-11(24-9-15(20)21)4-5-12(10)19-16(22)14-8-18-17(25-14)13-3-2-6-23-13/h4-5,7-8,13H,2-3,6,9H2,1H3,(H,19,22)(H,20,21). The van der Waals surface area contributed by atoms with E-state index < -0.39 is 12.6 Å². The third-order valence-electron chi connectivity index (χ3n) is 3.76. The van der Waals surface area contributed by atoms with Crippen molar-refractivity contribution >= 4 is 28.9 Å². The summed E-state index contributed by atoms with van der Waals surface area (Å²) in [5.41, 5.74) is 1.42. The summed E-state index contributed by atoms with van der Waals surface area (Å²) >= 11 is 1.34. The smallest absolute Gasteiger partial charge is 0.341 e. The lowest BCUT2D eigenvalue weighted by molar-refractivity contribution is -0.139. The molecule has 3 rings (SSSR count). The van der Waals surface area contributed by atoms with Crippen molar-refractivity contribution in [3.63, 3.8) is 0 Å². The molecule has 1 fully saturated rings. The number of hydrogen-bond acceptors (Lipinski definition) is 6. The molecule has 1 saturated heterocycles. The van der Waals surface area contributed by atoms with Gasteiger partial charge in [-0.2, -0.15) is 0 Å². The highest BCUT2D eigenvalue weighted by Gasteiger charge is 2.22. The van der Waals surface area contributed by atoms with Crippen LogP contribution in [0.15, 0.2) is 24.4 Å². The van der Waals surface area contributed by atoms with Gasteiger partial charge in [-0.25, -0.2) is 9.78 Å². The molecule has 7 nitrogen and oxygen atoms in total. The second-order valence-electron chi connectivity index (χ2n) is 5.68. The number of anilines is 1. The fraction of sp³-hybridized carbons (Fsp3) is 0.353. The summed E-state index contributed by atoms with van der Waals surface area (Å²) in [4.78, 5) is 27.8. The number of ether oxygens (including phenoxy) is 2. The topological polar surface area (TPSA) is 97.8 Å². The van der Waals surface area contributed by atoms with E-state index in [0.29, 0.717) is 16.3 Å². The largest absolute Gasteiger partial charge is 0.482 e. The molecule has 0 spiro atoms. The number of aryl methyl sites for hydroxylation is 1. The van der Waals surface area contributed by atoms with Gasteiger partial charge in [0, 0.05) is 12.3 Å². The van der Waals surface area contributed by atoms with Gasteiger partial charge in [0.05, 0.1) is 6.20 Å². The average molecular weight is 362 g/mol. The van der Waals surface area contributed by atoms with E-state index in [1.165, 1.54) is 11.3 Å². The molecule has 8 heteroatoms. The van der Waals surface area contributed by atoms with E-state index in [0.717, 1.165) is 30.0 Å². The van der Waals surface area contributed by atoms with Gasteiger partial charge < -0.3 is 19.9 Å². The van der Waals surface area contributed by atoms with Crippen LogP contribution in [0, 0.1) is 6.92 Å². The van der Waals surface area contributed by atoms with Crippen molar-refractivity contribution in [1.29, 1.82) is 0 Å². The molecule has 2 aromatic rings. The number of benzene rings is 1. The normalized spacial score (nSPS) is 16.6. The van der Waals surface area contributed by atoms with Crippen LogP contribution in [0.4, 0.5) is 5.69 Å². The van der Waals surface area contributed by atoms with Crippen LogP contribution in [0.2, 0.25) is 0 Å². The van der Waals surface area contributed by atoms with Gasteiger partial charge in [0.1, 0.15) is 21.7 Å². The quantitative estimate of drug-likeness (QED) is 0.820. The number of carbonyl (C=O) groups excluding carboxylic acids is 1. The number of aliphatic carboxylic acids is 1. The van der Waals surface area contributed by atoms with Gasteiger partial charge in [-0.1, -0.05) is 0 Å². The fourth-order valence-electron chi connectivity index (χ4n) is 2.51. The van der Waals surface area contributed by atoms with Crippen molar-refractivity contribution in [2.75, 3.05) is 18.5 Å². The van der Waals surface area contributed by atoms with Gasteiger partial charge in [-0.05, 0) is 43.5 Å². The molecule has 0 bridgehead atoms. The predicted octanol–water partition coefficient (Wildman–Crippen LogP) is 3.02. The van der Waals surface area contributed by atoms with E-state index in [9.17, 15) is 9.59 Å². The zero-order valence-electron chi connectivity index (χ0n) is 13.7. The third-order valence-corrected chi connectivity index (χ3v) is 4.85. The van der Waals surface area contributed by atoms with Crippen LogP contribution in [0.3, 0.4) is 0 Å². The highest BCUT2D eigenvalue weighted by Crippen LogP contribution is 2.31. The number of rotatable bonds is 6. The minimum Gasteiger partial charge on any atom is -0.482 e. The number of hydrogen-bond donors (Lipinski definition) is 2. The van der Waals surface area contributed by atoms with Crippen LogP contribution in [0.1, 0.15) is 39.2 Å². The minimum absolute atomic E-state index is 0.000969. The first-order valence-electron chi connectivity index (χ1n) is 7.87. The van der Waals surface area contributed by atoms with Gasteiger partial charge in [0.2, 0.25) is 0 Å². The van der Waals surface area contributed by atoms with Crippen molar-refractivity contribution in [2.24, 2.45) is 0 Å². The molecule has 1 unspecified atom stereocenters. The molecule has 1 aliphatic rings. The SMILES string of the molecule is Cc1cc(OCC(=O)O)ccc1NC(=O)c1cnc(C2CCCO2)s1. The maximum Gasteiger partial charge on any atom is 0.341 e. The Morgan fingerprint density at radius 1 is 1.48 bits per heavy atom. The molecule has 2 heterocycles. The molecule has 25 heavy (non-hydrogen) atoms. The van der Waals surface area contributed by atoms with Crippen molar-refractivity contribution in [3.05, 3.63) is 39.8 Å². The zero-order chi connectivity index (χ0) is 17.8. The minimum atomic E-state index is -1.04. The van der Waals surface area contributed by atoms with E-state index in [2.05, 4.69) is 10.3 Å². The van der Waals surface area contributed by atoms with Crippen LogP contribution >= 0.6 is 11.3 Å². The summed E-state index contributed by atoms with van der Waals surface area (Å²) in [7, 11) is 0. The van der Waals surface area contributed by atoms with E-state index in [4.69, 9.17) is 14.6 Å². The lowest BCUT2D eigenvalue weighted by Crippen LogP contribution is -2.12. The van der Waals surface area contributed by atoms with Gasteiger partial charge >= 0.3 is 5.97 Å². The maximum absolute atomic E-state index is 12.4. The monoisotopic (exact) mass is 362 g/mol. The Hall–Kier alpha value is -2.45. The molecule has 1 amide bonds. The second-order valence-corrected chi connectivity index (χ2v) is 6.74. The average Bonchev–Trinajstić information content (AvgIpc) is 3.26. The van der Waals surface area contributed by atoms with E-state index in [-0.39, 0.29) is 12.0 Å². The van der Waals surface area contributed by atoms with Gasteiger partial charge in [-0.15, -0.1) is 11.3 Å². The molecule has 132 valence electrons. The van der Waals surface area contributed by atoms with Gasteiger partial charge in [0.15, 0.2) is 6.61 Å². The molecule has 1 atom stereocenters. The van der Waals surface area contributed by atoms with Crippen LogP contribution in [0.25, 0.3) is 0 Å². The first kappa shape index (κ1) is 17.4. The third kappa shape index (κ3) is 4.34. The fourth-order valence-corrected chi connectivity index (χ4v) is 3.41. The molecule has 0 aliphatic carbocycles. The Kier molecular flexibility index (Phi) is 5.30. The van der Waals surface area contributed by atoms with E-state index in [1.807, 2.05) is 6.92 Å². The first-order chi connectivity index (χ1) is 12.0. The van der Waals surface area contributed by atoms with Gasteiger partial charge in [-0.3, -0.25) is 4.79 Å². The predicted molar refractivity (Wildman–Crippen MR) is 92.3 cm³/mol. The molecule has 0 radical (unpaired) electrons. The van der Waals surface area contributed by atoms with Crippen molar-refractivity contribution < 1.29 is 24.2 Å². The highest BCUT2D eigenvalue weighted by atomic mass is 32.1. The summed E-state index contributed by atoms with van der Waals surface area (Å²) in [6, 6.07) is 4.99. The molecule has 1 aromatic heterocycles. The Labute approximate surface area is 148 Å². The maximum atomic E-state index is 12.4. The first-order valence-corrected chi connectivity index (χ1v) is 8.68. The summed E-state index contributed by atoms with van der Waals surface area (Å²) in [5, 5.41) is 12.3. The number of nitrogens with one attached hydrogen (secondary N) is 1. The molecule has 2 N–H and O–H groups in total. The molecule has 1 aliphatic heterocycles. The summed E-state index contributed by atoms with van der Waals surface area (Å²) in [6.07, 6.45) is 3.52. The lowest BCUT2D eigenvalue weighted by atomic mass is 10.2. The van der Waals surface area contributed by atoms with Crippen LogP contribution in [-0.2, 0) is 9.53 Å². The number of carboxylic acid groups (broad SMARTS) is 1. The van der Waals surface area contributed by atoms with Crippen LogP contribution in [0.5, 0.6) is 5.75 Å². The summed E-state index contributed by atoms with van der Waals surface area (Å²) in [6.45, 7) is 2.15. The van der Waals surface area contributed by atoms with Gasteiger partial charge in [0.25, 0.3) is 5.91 Å². The Balaban J connectivity index is 1.65. The van der Waals surface area contributed by atoms with Crippen LogP contribution in [-0.4, -0.2) is 35.2 Å². The number of carbonyl (C=O) groups is 2. The Morgan fingerprint density at radius 2 is 2.32 bits per heavy atom. The summed E-state index contributed by atoms with van der Waals surface area (Å²) < 4.78 is 10.7. The highest BCUT2D eigenvalue weighted by molar-refractivity contribution is 7.13. The molecule has 1 aromatic carbocycles. The summed E-state index contributed by atoms with van der Waals surface area (Å²) in [5.74, 6) is -0.831. The van der Waals surface area contributed by atoms with Crippen molar-refractivity contribution in [3.8, 4) is 5.75 Å². The van der Waals surface area contributed by atoms with Crippen LogP contribution < -0.4 is 10.1 Å². The number of thiazole rings is 1. The molecule has 0 saturated carbocycles. The second kappa shape index (κ2) is 7.62. The number of aromatic nitrogens is 1. The zero-order valence-corrected chi connectivity index (χ0v) is 14.5. The van der Waals surface area contributed by atoms with Crippen molar-refractivity contribution in [1.82, 2.24) is 4.98 Å². The molecular weight excluding hydrogens is 344 g/mol. The Morgan fingerprint density at radius 3 is 3.00 bits per heavy atom.